The van der Waals surface area contributed by atoms with Crippen LogP contribution >= 0.6 is 11.3 Å². The molecule has 3 aliphatic rings. The molecule has 4 aromatic rings. The number of nitrogens with zero attached hydrogens (tertiary/aromatic N) is 1. The van der Waals surface area contributed by atoms with E-state index in [9.17, 15) is 4.79 Å². The second-order valence-electron chi connectivity index (χ2n) is 8.39. The molecule has 1 N–H and O–H groups in total. The molecule has 5 heteroatoms. The fourth-order valence-electron chi connectivity index (χ4n) is 5.33. The molecule has 0 radical (unpaired) electrons. The molecule has 0 spiro atoms. The van der Waals surface area contributed by atoms with Crippen LogP contribution in [0.15, 0.2) is 76.7 Å². The van der Waals surface area contributed by atoms with Crippen molar-refractivity contribution in [2.75, 3.05) is 6.54 Å². The van der Waals surface area contributed by atoms with E-state index in [1.54, 1.807) is 6.26 Å². The standard InChI is InChI=1S/C26H22N2O2S/c29-24(13-17-15-31-26(28-17)23-10-5-11-30-23)27-14-16-12-22-18-6-1-3-8-20(18)25(16)21-9-4-2-7-19(21)22/h1-11,15-16,22,25H,12-14H2,(H,27,29). The van der Waals surface area contributed by atoms with Gasteiger partial charge in [-0.3, -0.25) is 4.79 Å². The van der Waals surface area contributed by atoms with Crippen molar-refractivity contribution in [1.82, 2.24) is 10.3 Å². The van der Waals surface area contributed by atoms with Gasteiger partial charge < -0.3 is 9.73 Å². The van der Waals surface area contributed by atoms with Gasteiger partial charge in [-0.15, -0.1) is 11.3 Å². The van der Waals surface area contributed by atoms with Crippen LogP contribution in [0.1, 0.15) is 46.2 Å². The summed E-state index contributed by atoms with van der Waals surface area (Å²) in [5.74, 6) is 1.95. The average molecular weight is 427 g/mol. The van der Waals surface area contributed by atoms with Gasteiger partial charge in [-0.1, -0.05) is 48.5 Å². The lowest BCUT2D eigenvalue weighted by molar-refractivity contribution is -0.120. The first-order valence-electron chi connectivity index (χ1n) is 10.7. The number of nitrogens with one attached hydrogen (secondary N) is 1. The molecule has 0 saturated carbocycles. The summed E-state index contributed by atoms with van der Waals surface area (Å²) in [5, 5.41) is 5.94. The fourth-order valence-corrected chi connectivity index (χ4v) is 6.12. The summed E-state index contributed by atoms with van der Waals surface area (Å²) in [7, 11) is 0. The van der Waals surface area contributed by atoms with Crippen molar-refractivity contribution in [3.63, 3.8) is 0 Å². The number of rotatable bonds is 5. The first-order valence-corrected chi connectivity index (χ1v) is 11.6. The van der Waals surface area contributed by atoms with E-state index in [2.05, 4.69) is 58.8 Å². The van der Waals surface area contributed by atoms with Gasteiger partial charge in [-0.05, 0) is 46.7 Å². The minimum absolute atomic E-state index is 0.0271. The van der Waals surface area contributed by atoms with Crippen molar-refractivity contribution in [1.29, 1.82) is 0 Å². The van der Waals surface area contributed by atoms with Crippen molar-refractivity contribution in [3.8, 4) is 10.8 Å². The number of benzene rings is 2. The molecule has 0 saturated heterocycles. The number of hydrogen-bond donors (Lipinski definition) is 1. The van der Waals surface area contributed by atoms with E-state index in [0.29, 0.717) is 30.7 Å². The largest absolute Gasteiger partial charge is 0.462 e. The van der Waals surface area contributed by atoms with Crippen LogP contribution in [0.4, 0.5) is 0 Å². The number of carbonyl (C=O) groups is 1. The molecule has 7 rings (SSSR count). The topological polar surface area (TPSA) is 55.1 Å². The van der Waals surface area contributed by atoms with Gasteiger partial charge in [0.2, 0.25) is 5.91 Å². The molecular weight excluding hydrogens is 404 g/mol. The normalized spacial score (nSPS) is 20.8. The molecule has 31 heavy (non-hydrogen) atoms. The Labute approximate surface area is 185 Å². The summed E-state index contributed by atoms with van der Waals surface area (Å²) >= 11 is 1.50. The Morgan fingerprint density at radius 3 is 2.39 bits per heavy atom. The van der Waals surface area contributed by atoms with Gasteiger partial charge in [0.15, 0.2) is 10.8 Å². The van der Waals surface area contributed by atoms with Gasteiger partial charge in [0.1, 0.15) is 0 Å². The number of aromatic nitrogens is 1. The van der Waals surface area contributed by atoms with Crippen LogP contribution in [0.25, 0.3) is 10.8 Å². The molecule has 4 nitrogen and oxygen atoms in total. The highest BCUT2D eigenvalue weighted by Crippen LogP contribution is 2.55. The van der Waals surface area contributed by atoms with Crippen molar-refractivity contribution in [2.24, 2.45) is 5.92 Å². The number of amides is 1. The number of thiazole rings is 1. The van der Waals surface area contributed by atoms with Crippen molar-refractivity contribution < 1.29 is 9.21 Å². The third-order valence-corrected chi connectivity index (χ3v) is 7.52. The molecule has 1 unspecified atom stereocenters. The van der Waals surface area contributed by atoms with Crippen molar-refractivity contribution in [3.05, 3.63) is 100 Å². The summed E-state index contributed by atoms with van der Waals surface area (Å²) in [6.45, 7) is 0.692. The second-order valence-corrected chi connectivity index (χ2v) is 9.24. The molecule has 0 fully saturated rings. The highest BCUT2D eigenvalue weighted by atomic mass is 32.1. The van der Waals surface area contributed by atoms with E-state index in [1.807, 2.05) is 17.5 Å². The van der Waals surface area contributed by atoms with Crippen LogP contribution in [0, 0.1) is 5.92 Å². The lowest BCUT2D eigenvalue weighted by Gasteiger charge is -2.45. The molecule has 2 heterocycles. The maximum atomic E-state index is 12.7. The summed E-state index contributed by atoms with van der Waals surface area (Å²) in [5.41, 5.74) is 6.57. The van der Waals surface area contributed by atoms with Crippen LogP contribution in [0.2, 0.25) is 0 Å². The summed E-state index contributed by atoms with van der Waals surface area (Å²) in [6, 6.07) is 21.4. The molecule has 3 aliphatic carbocycles. The molecular formula is C26H22N2O2S. The molecule has 1 atom stereocenters. The van der Waals surface area contributed by atoms with Gasteiger partial charge in [-0.2, -0.15) is 0 Å². The maximum absolute atomic E-state index is 12.7. The summed E-state index contributed by atoms with van der Waals surface area (Å²) < 4.78 is 5.40. The number of fused-ring (bicyclic) bond motifs is 1. The molecule has 2 bridgehead atoms. The van der Waals surface area contributed by atoms with Crippen LogP contribution in [-0.2, 0) is 11.2 Å². The molecule has 1 amide bonds. The molecule has 2 aromatic carbocycles. The van der Waals surface area contributed by atoms with E-state index in [-0.39, 0.29) is 5.91 Å². The average Bonchev–Trinajstić information content (AvgIpc) is 3.50. The van der Waals surface area contributed by atoms with E-state index >= 15 is 0 Å². The Kier molecular flexibility index (Phi) is 4.50. The van der Waals surface area contributed by atoms with E-state index in [0.717, 1.165) is 22.9 Å². The van der Waals surface area contributed by atoms with Crippen molar-refractivity contribution >= 4 is 17.2 Å². The molecule has 154 valence electrons. The van der Waals surface area contributed by atoms with Gasteiger partial charge in [-0.25, -0.2) is 4.98 Å². The van der Waals surface area contributed by atoms with Crippen LogP contribution in [-0.4, -0.2) is 17.4 Å². The predicted molar refractivity (Wildman–Crippen MR) is 121 cm³/mol. The zero-order valence-corrected chi connectivity index (χ0v) is 17.8. The third kappa shape index (κ3) is 3.20. The van der Waals surface area contributed by atoms with E-state index in [4.69, 9.17) is 4.42 Å². The molecule has 2 aromatic heterocycles. The maximum Gasteiger partial charge on any atom is 0.226 e. The van der Waals surface area contributed by atoms with Crippen LogP contribution in [0.5, 0.6) is 0 Å². The third-order valence-electron chi connectivity index (χ3n) is 6.61. The Morgan fingerprint density at radius 2 is 1.71 bits per heavy atom. The SMILES string of the molecule is O=C(Cc1csc(-c2ccco2)n1)NCC1CC2c3ccccc3C1c1ccccc12. The van der Waals surface area contributed by atoms with Gasteiger partial charge in [0.25, 0.3) is 0 Å². The Bertz CT molecular complexity index is 1200. The highest BCUT2D eigenvalue weighted by Gasteiger charge is 2.42. The summed E-state index contributed by atoms with van der Waals surface area (Å²) in [6.07, 6.45) is 3.01. The number of carbonyl (C=O) groups excluding carboxylic acids is 1. The van der Waals surface area contributed by atoms with Gasteiger partial charge in [0, 0.05) is 23.8 Å². The molecule has 0 aliphatic heterocycles. The van der Waals surface area contributed by atoms with Crippen LogP contribution in [0.3, 0.4) is 0 Å². The first kappa shape index (κ1) is 18.6. The quantitative estimate of drug-likeness (QED) is 0.467. The fraction of sp³-hybridized carbons (Fsp3) is 0.231. The summed E-state index contributed by atoms with van der Waals surface area (Å²) in [4.78, 5) is 17.2. The Hall–Kier alpha value is -3.18. The van der Waals surface area contributed by atoms with Crippen LogP contribution < -0.4 is 5.32 Å². The zero-order valence-electron chi connectivity index (χ0n) is 17.0. The van der Waals surface area contributed by atoms with E-state index < -0.39 is 0 Å². The van der Waals surface area contributed by atoms with Gasteiger partial charge in [0.05, 0.1) is 18.4 Å². The van der Waals surface area contributed by atoms with Crippen molar-refractivity contribution in [2.45, 2.75) is 24.7 Å². The van der Waals surface area contributed by atoms with E-state index in [1.165, 1.54) is 33.6 Å². The number of hydrogen-bond acceptors (Lipinski definition) is 4. The first-order chi connectivity index (χ1) is 15.3. The minimum Gasteiger partial charge on any atom is -0.462 e. The zero-order chi connectivity index (χ0) is 20.8. The van der Waals surface area contributed by atoms with Gasteiger partial charge >= 0.3 is 0 Å². The Balaban J connectivity index is 1.17. The second kappa shape index (κ2) is 7.50. The Morgan fingerprint density at radius 1 is 1.00 bits per heavy atom. The predicted octanol–water partition coefficient (Wildman–Crippen LogP) is 5.36. The monoisotopic (exact) mass is 426 g/mol. The lowest BCUT2D eigenvalue weighted by atomic mass is 9.59. The lowest BCUT2D eigenvalue weighted by Crippen LogP contribution is -2.39. The smallest absolute Gasteiger partial charge is 0.226 e. The highest BCUT2D eigenvalue weighted by molar-refractivity contribution is 7.13. The minimum atomic E-state index is 0.0271. The number of furan rings is 1.